The first-order chi connectivity index (χ1) is 6.24. The summed E-state index contributed by atoms with van der Waals surface area (Å²) < 4.78 is 0. The van der Waals surface area contributed by atoms with Crippen LogP contribution >= 0.6 is 0 Å². The summed E-state index contributed by atoms with van der Waals surface area (Å²) in [5.74, 6) is 1.54. The number of nitrogens with zero attached hydrogens (tertiary/aromatic N) is 1. The van der Waals surface area contributed by atoms with E-state index in [0.717, 1.165) is 18.8 Å². The predicted octanol–water partition coefficient (Wildman–Crippen LogP) is 1.18. The van der Waals surface area contributed by atoms with Gasteiger partial charge in [-0.3, -0.25) is 4.99 Å². The molecule has 76 valence electrons. The fourth-order valence-electron chi connectivity index (χ4n) is 1.45. The highest BCUT2D eigenvalue weighted by Crippen LogP contribution is 2.07. The second-order valence-electron chi connectivity index (χ2n) is 3.96. The van der Waals surface area contributed by atoms with E-state index >= 15 is 0 Å². The van der Waals surface area contributed by atoms with E-state index in [-0.39, 0.29) is 12.6 Å². The third-order valence-corrected chi connectivity index (χ3v) is 2.48. The number of aliphatic hydroxyl groups excluding tert-OH is 1. The van der Waals surface area contributed by atoms with Gasteiger partial charge in [-0.15, -0.1) is 0 Å². The van der Waals surface area contributed by atoms with Crippen molar-refractivity contribution in [3.8, 4) is 0 Å². The number of aliphatic hydroxyl groups is 1. The third kappa shape index (κ3) is 3.35. The Bertz CT molecular complexity index is 178. The van der Waals surface area contributed by atoms with Gasteiger partial charge in [0.25, 0.3) is 0 Å². The van der Waals surface area contributed by atoms with E-state index in [1.54, 1.807) is 0 Å². The zero-order chi connectivity index (χ0) is 9.68. The molecule has 0 saturated carbocycles. The highest BCUT2D eigenvalue weighted by molar-refractivity contribution is 5.82. The number of hydrogen-bond acceptors (Lipinski definition) is 3. The minimum atomic E-state index is 0.164. The molecule has 2 N–H and O–H groups in total. The molecule has 1 aliphatic heterocycles. The van der Waals surface area contributed by atoms with E-state index in [1.165, 1.54) is 12.8 Å². The van der Waals surface area contributed by atoms with Crippen LogP contribution in [0.15, 0.2) is 4.99 Å². The van der Waals surface area contributed by atoms with Gasteiger partial charge in [-0.2, -0.15) is 0 Å². The fourth-order valence-corrected chi connectivity index (χ4v) is 1.45. The van der Waals surface area contributed by atoms with Gasteiger partial charge < -0.3 is 10.4 Å². The van der Waals surface area contributed by atoms with Gasteiger partial charge in [0.15, 0.2) is 0 Å². The molecule has 0 bridgehead atoms. The van der Waals surface area contributed by atoms with E-state index in [2.05, 4.69) is 24.2 Å². The van der Waals surface area contributed by atoms with Crippen molar-refractivity contribution >= 4 is 5.84 Å². The Kier molecular flexibility index (Phi) is 4.22. The van der Waals surface area contributed by atoms with Gasteiger partial charge in [0, 0.05) is 13.0 Å². The monoisotopic (exact) mass is 184 g/mol. The minimum Gasteiger partial charge on any atom is -0.394 e. The first-order valence-corrected chi connectivity index (χ1v) is 5.14. The lowest BCUT2D eigenvalue weighted by molar-refractivity contribution is 0.225. The van der Waals surface area contributed by atoms with Crippen LogP contribution in [0.25, 0.3) is 0 Å². The Morgan fingerprint density at radius 3 is 2.69 bits per heavy atom. The van der Waals surface area contributed by atoms with Crippen molar-refractivity contribution in [3.63, 3.8) is 0 Å². The van der Waals surface area contributed by atoms with Crippen molar-refractivity contribution in [2.24, 2.45) is 10.9 Å². The van der Waals surface area contributed by atoms with Crippen LogP contribution in [0.3, 0.4) is 0 Å². The maximum Gasteiger partial charge on any atom is 0.0966 e. The standard InChI is InChI=1S/C10H20N2O/c1-8(2)9(7-13)12-10-5-3-4-6-11-10/h8-9,13H,3-7H2,1-2H3,(H,11,12). The molecule has 0 radical (unpaired) electrons. The Balaban J connectivity index is 2.40. The lowest BCUT2D eigenvalue weighted by Gasteiger charge is -2.23. The van der Waals surface area contributed by atoms with Crippen molar-refractivity contribution in [2.75, 3.05) is 13.2 Å². The first-order valence-electron chi connectivity index (χ1n) is 5.14. The maximum atomic E-state index is 9.11. The van der Waals surface area contributed by atoms with Gasteiger partial charge >= 0.3 is 0 Å². The summed E-state index contributed by atoms with van der Waals surface area (Å²) >= 11 is 0. The van der Waals surface area contributed by atoms with Crippen LogP contribution in [0.1, 0.15) is 33.1 Å². The van der Waals surface area contributed by atoms with Gasteiger partial charge in [-0.25, -0.2) is 0 Å². The summed E-state index contributed by atoms with van der Waals surface area (Å²) in [7, 11) is 0. The molecule has 0 fully saturated rings. The normalized spacial score (nSPS) is 19.8. The lowest BCUT2D eigenvalue weighted by atomic mass is 10.0. The summed E-state index contributed by atoms with van der Waals surface area (Å²) in [4.78, 5) is 4.39. The molecule has 0 aliphatic carbocycles. The Labute approximate surface area is 80.3 Å². The highest BCUT2D eigenvalue weighted by Gasteiger charge is 2.14. The van der Waals surface area contributed by atoms with Crippen molar-refractivity contribution < 1.29 is 5.11 Å². The molecule has 1 heterocycles. The average molecular weight is 184 g/mol. The smallest absolute Gasteiger partial charge is 0.0966 e. The number of aliphatic imine (C=N–C) groups is 1. The quantitative estimate of drug-likeness (QED) is 0.691. The molecule has 0 aromatic carbocycles. The molecular formula is C10H20N2O. The predicted molar refractivity (Wildman–Crippen MR) is 55.0 cm³/mol. The summed E-state index contributed by atoms with van der Waals surface area (Å²) in [6, 6.07) is 0.164. The van der Waals surface area contributed by atoms with E-state index in [4.69, 9.17) is 5.11 Å². The second-order valence-corrected chi connectivity index (χ2v) is 3.96. The summed E-state index contributed by atoms with van der Waals surface area (Å²) in [5.41, 5.74) is 0. The molecule has 0 saturated heterocycles. The number of nitrogens with one attached hydrogen (secondary N) is 1. The number of rotatable bonds is 3. The SMILES string of the molecule is CC(C)C(CO)NC1=NCCCC1. The zero-order valence-corrected chi connectivity index (χ0v) is 8.58. The molecule has 3 nitrogen and oxygen atoms in total. The second kappa shape index (κ2) is 5.22. The molecule has 0 aromatic heterocycles. The Morgan fingerprint density at radius 1 is 1.46 bits per heavy atom. The molecule has 1 rings (SSSR count). The Hall–Kier alpha value is -0.570. The fraction of sp³-hybridized carbons (Fsp3) is 0.900. The van der Waals surface area contributed by atoms with Crippen molar-refractivity contribution in [1.29, 1.82) is 0 Å². The molecular weight excluding hydrogens is 164 g/mol. The third-order valence-electron chi connectivity index (χ3n) is 2.48. The van der Waals surface area contributed by atoms with Crippen LogP contribution in [0, 0.1) is 5.92 Å². The topological polar surface area (TPSA) is 44.6 Å². The molecule has 1 unspecified atom stereocenters. The molecule has 1 aliphatic rings. The Morgan fingerprint density at radius 2 is 2.23 bits per heavy atom. The van der Waals surface area contributed by atoms with Crippen LogP contribution in [-0.4, -0.2) is 30.1 Å². The largest absolute Gasteiger partial charge is 0.394 e. The molecule has 0 amide bonds. The minimum absolute atomic E-state index is 0.164. The summed E-state index contributed by atoms with van der Waals surface area (Å²) in [6.07, 6.45) is 3.47. The maximum absolute atomic E-state index is 9.11. The van der Waals surface area contributed by atoms with Gasteiger partial charge in [0.05, 0.1) is 18.5 Å². The van der Waals surface area contributed by atoms with Crippen LogP contribution in [0.5, 0.6) is 0 Å². The van der Waals surface area contributed by atoms with Crippen molar-refractivity contribution in [3.05, 3.63) is 0 Å². The van der Waals surface area contributed by atoms with Crippen molar-refractivity contribution in [1.82, 2.24) is 5.32 Å². The van der Waals surface area contributed by atoms with Crippen LogP contribution in [0.4, 0.5) is 0 Å². The average Bonchev–Trinajstić information content (AvgIpc) is 2.15. The van der Waals surface area contributed by atoms with Crippen LogP contribution < -0.4 is 5.32 Å². The molecule has 0 aromatic rings. The number of hydrogen-bond donors (Lipinski definition) is 2. The first kappa shape index (κ1) is 10.5. The lowest BCUT2D eigenvalue weighted by Crippen LogP contribution is -2.41. The van der Waals surface area contributed by atoms with Crippen LogP contribution in [0.2, 0.25) is 0 Å². The molecule has 1 atom stereocenters. The summed E-state index contributed by atoms with van der Waals surface area (Å²) in [6.45, 7) is 5.35. The molecule has 13 heavy (non-hydrogen) atoms. The molecule has 3 heteroatoms. The van der Waals surface area contributed by atoms with E-state index in [0.29, 0.717) is 5.92 Å². The van der Waals surface area contributed by atoms with Crippen molar-refractivity contribution in [2.45, 2.75) is 39.2 Å². The van der Waals surface area contributed by atoms with Gasteiger partial charge in [0.2, 0.25) is 0 Å². The van der Waals surface area contributed by atoms with E-state index in [1.807, 2.05) is 0 Å². The van der Waals surface area contributed by atoms with E-state index < -0.39 is 0 Å². The van der Waals surface area contributed by atoms with Gasteiger partial charge in [0.1, 0.15) is 0 Å². The number of amidine groups is 1. The summed E-state index contributed by atoms with van der Waals surface area (Å²) in [5, 5.41) is 12.4. The zero-order valence-electron chi connectivity index (χ0n) is 8.58. The highest BCUT2D eigenvalue weighted by atomic mass is 16.3. The van der Waals surface area contributed by atoms with Gasteiger partial charge in [-0.1, -0.05) is 13.8 Å². The van der Waals surface area contributed by atoms with E-state index in [9.17, 15) is 0 Å². The van der Waals surface area contributed by atoms with Crippen LogP contribution in [-0.2, 0) is 0 Å². The van der Waals surface area contributed by atoms with Gasteiger partial charge in [-0.05, 0) is 18.8 Å². The molecule has 0 spiro atoms.